The summed E-state index contributed by atoms with van der Waals surface area (Å²) in [4.78, 5) is 13.9. The lowest BCUT2D eigenvalue weighted by atomic mass is 10.00. The number of rotatable bonds is 6. The van der Waals surface area contributed by atoms with Crippen molar-refractivity contribution in [2.75, 3.05) is 6.26 Å². The lowest BCUT2D eigenvalue weighted by molar-refractivity contribution is 0.581. The minimum atomic E-state index is -0.687. The van der Waals surface area contributed by atoms with E-state index in [0.29, 0.717) is 16.8 Å². The molecule has 0 radical (unpaired) electrons. The summed E-state index contributed by atoms with van der Waals surface area (Å²) in [5, 5.41) is 4.56. The van der Waals surface area contributed by atoms with Crippen LogP contribution in [0.2, 0.25) is 0 Å². The molecule has 7 heteroatoms. The molecule has 4 rings (SSSR count). The first-order chi connectivity index (χ1) is 15.9. The molecule has 3 nitrogen and oxygen atoms in total. The molecule has 166 valence electrons. The molecule has 0 fully saturated rings. The minimum absolute atomic E-state index is 0.0925. The van der Waals surface area contributed by atoms with Gasteiger partial charge < -0.3 is 0 Å². The van der Waals surface area contributed by atoms with E-state index >= 15 is 0 Å². The molecular formula is C26H19F3N2OS. The van der Waals surface area contributed by atoms with Crippen molar-refractivity contribution in [3.63, 3.8) is 0 Å². The summed E-state index contributed by atoms with van der Waals surface area (Å²) in [6.07, 6.45) is 5.04. The molecule has 1 heterocycles. The maximum absolute atomic E-state index is 13.9. The van der Waals surface area contributed by atoms with Crippen LogP contribution in [0.5, 0.6) is 0 Å². The highest BCUT2D eigenvalue weighted by Gasteiger charge is 2.13. The monoisotopic (exact) mass is 464 g/mol. The molecule has 4 aromatic rings. The summed E-state index contributed by atoms with van der Waals surface area (Å²) in [7, 11) is 0. The average molecular weight is 465 g/mol. The largest absolute Gasteiger partial charge is 0.268 e. The van der Waals surface area contributed by atoms with Gasteiger partial charge in [0.1, 0.15) is 17.5 Å². The molecule has 0 aliphatic carbocycles. The summed E-state index contributed by atoms with van der Waals surface area (Å²) in [6.45, 7) is 0.0925. The van der Waals surface area contributed by atoms with Crippen LogP contribution >= 0.6 is 11.8 Å². The molecule has 0 aliphatic rings. The van der Waals surface area contributed by atoms with Gasteiger partial charge in [-0.1, -0.05) is 36.4 Å². The zero-order valence-corrected chi connectivity index (χ0v) is 18.5. The number of thioether (sulfide) groups is 1. The van der Waals surface area contributed by atoms with E-state index in [1.165, 1.54) is 41.1 Å². The number of hydrogen-bond acceptors (Lipinski definition) is 3. The quantitative estimate of drug-likeness (QED) is 0.309. The highest BCUT2D eigenvalue weighted by Crippen LogP contribution is 2.30. The molecule has 1 aromatic heterocycles. The third-order valence-electron chi connectivity index (χ3n) is 5.05. The molecule has 0 amide bonds. The molecule has 0 spiro atoms. The Morgan fingerprint density at radius 1 is 0.879 bits per heavy atom. The summed E-state index contributed by atoms with van der Waals surface area (Å²) < 4.78 is 41.7. The average Bonchev–Trinajstić information content (AvgIpc) is 2.82. The third-order valence-corrected chi connectivity index (χ3v) is 5.80. The van der Waals surface area contributed by atoms with E-state index in [0.717, 1.165) is 16.5 Å². The number of allylic oxidation sites excluding steroid dienone is 1. The Balaban J connectivity index is 1.74. The molecule has 3 aromatic carbocycles. The van der Waals surface area contributed by atoms with Crippen LogP contribution in [0, 0.1) is 17.5 Å². The predicted molar refractivity (Wildman–Crippen MR) is 127 cm³/mol. The molecule has 0 atom stereocenters. The van der Waals surface area contributed by atoms with Gasteiger partial charge in [0.15, 0.2) is 0 Å². The molecule has 0 saturated heterocycles. The summed E-state index contributed by atoms with van der Waals surface area (Å²) in [6, 6.07) is 18.4. The molecule has 0 aliphatic heterocycles. The van der Waals surface area contributed by atoms with Crippen molar-refractivity contribution in [1.29, 1.82) is 0 Å². The Bertz CT molecular complexity index is 1360. The van der Waals surface area contributed by atoms with Crippen molar-refractivity contribution in [2.45, 2.75) is 11.4 Å². The third kappa shape index (κ3) is 5.26. The van der Waals surface area contributed by atoms with E-state index in [2.05, 4.69) is 5.10 Å². The smallest absolute Gasteiger partial charge is 0.267 e. The van der Waals surface area contributed by atoms with E-state index in [4.69, 9.17) is 0 Å². The Kier molecular flexibility index (Phi) is 6.79. The van der Waals surface area contributed by atoms with Crippen molar-refractivity contribution in [2.24, 2.45) is 0 Å². The van der Waals surface area contributed by atoms with E-state index in [1.54, 1.807) is 30.0 Å². The van der Waals surface area contributed by atoms with Crippen LogP contribution in [-0.4, -0.2) is 16.0 Å². The first kappa shape index (κ1) is 22.6. The predicted octanol–water partition coefficient (Wildman–Crippen LogP) is 6.43. The van der Waals surface area contributed by atoms with Gasteiger partial charge in [-0.25, -0.2) is 17.9 Å². The van der Waals surface area contributed by atoms with Gasteiger partial charge in [-0.05, 0) is 48.2 Å². The van der Waals surface area contributed by atoms with E-state index in [1.807, 2.05) is 30.5 Å². The lowest BCUT2D eigenvalue weighted by Gasteiger charge is -2.12. The van der Waals surface area contributed by atoms with Crippen LogP contribution in [0.15, 0.2) is 88.6 Å². The second kappa shape index (κ2) is 9.92. The fraction of sp³-hybridized carbons (Fsp3) is 0.0769. The van der Waals surface area contributed by atoms with Crippen molar-refractivity contribution in [1.82, 2.24) is 9.78 Å². The van der Waals surface area contributed by atoms with Crippen LogP contribution in [0.25, 0.3) is 28.5 Å². The molecule has 0 saturated carbocycles. The lowest BCUT2D eigenvalue weighted by Crippen LogP contribution is -2.22. The second-order valence-corrected chi connectivity index (χ2v) is 8.11. The van der Waals surface area contributed by atoms with Crippen LogP contribution in [0.1, 0.15) is 5.56 Å². The van der Waals surface area contributed by atoms with Gasteiger partial charge in [-0.15, -0.1) is 11.8 Å². The van der Waals surface area contributed by atoms with E-state index in [9.17, 15) is 18.0 Å². The van der Waals surface area contributed by atoms with Gasteiger partial charge in [0.25, 0.3) is 5.56 Å². The highest BCUT2D eigenvalue weighted by atomic mass is 32.2. The normalized spacial score (nSPS) is 11.3. The van der Waals surface area contributed by atoms with Crippen molar-refractivity contribution in [3.05, 3.63) is 112 Å². The van der Waals surface area contributed by atoms with Gasteiger partial charge in [0.05, 0.1) is 12.2 Å². The number of nitrogens with zero attached hydrogens (tertiary/aromatic N) is 2. The first-order valence-corrected chi connectivity index (χ1v) is 11.3. The summed E-state index contributed by atoms with van der Waals surface area (Å²) in [5.74, 6) is -1.71. The summed E-state index contributed by atoms with van der Waals surface area (Å²) >= 11 is 1.61. The zero-order chi connectivity index (χ0) is 23.4. The van der Waals surface area contributed by atoms with Crippen molar-refractivity contribution < 1.29 is 13.2 Å². The van der Waals surface area contributed by atoms with Crippen LogP contribution in [0.3, 0.4) is 0 Å². The van der Waals surface area contributed by atoms with Gasteiger partial charge in [0, 0.05) is 33.7 Å². The maximum atomic E-state index is 13.9. The van der Waals surface area contributed by atoms with Crippen LogP contribution in [0.4, 0.5) is 13.2 Å². The number of aromatic nitrogens is 2. The molecule has 33 heavy (non-hydrogen) atoms. The van der Waals surface area contributed by atoms with Crippen LogP contribution in [-0.2, 0) is 6.54 Å². The van der Waals surface area contributed by atoms with Crippen molar-refractivity contribution >= 4 is 17.8 Å². The van der Waals surface area contributed by atoms with E-state index in [-0.39, 0.29) is 23.5 Å². The number of hydrogen-bond donors (Lipinski definition) is 0. The van der Waals surface area contributed by atoms with Crippen molar-refractivity contribution in [3.8, 4) is 22.4 Å². The minimum Gasteiger partial charge on any atom is -0.268 e. The maximum Gasteiger partial charge on any atom is 0.267 e. The van der Waals surface area contributed by atoms with Gasteiger partial charge in [-0.2, -0.15) is 5.10 Å². The SMILES string of the molecule is CSc1ccc(-c2nn(CC=Cc3ccc(F)cc3F)c(=O)cc2-c2ccc(F)cc2)cc1. The molecule has 0 bridgehead atoms. The highest BCUT2D eigenvalue weighted by molar-refractivity contribution is 7.98. The van der Waals surface area contributed by atoms with Gasteiger partial charge in [0.2, 0.25) is 0 Å². The van der Waals surface area contributed by atoms with Gasteiger partial charge in [-0.3, -0.25) is 4.79 Å². The molecular weight excluding hydrogens is 445 g/mol. The number of benzene rings is 3. The Labute approximate surface area is 193 Å². The first-order valence-electron chi connectivity index (χ1n) is 10.1. The fourth-order valence-electron chi connectivity index (χ4n) is 3.35. The Hall–Kier alpha value is -3.58. The number of halogens is 3. The molecule has 0 unspecified atom stereocenters. The standard InChI is InChI=1S/C26H19F3N2OS/c1-33-22-12-7-19(8-13-22)26-23(17-4-9-20(27)10-5-17)16-25(32)31(30-26)14-2-3-18-6-11-21(28)15-24(18)29/h2-13,15-16H,14H2,1H3. The summed E-state index contributed by atoms with van der Waals surface area (Å²) in [5.41, 5.74) is 2.47. The Morgan fingerprint density at radius 2 is 1.55 bits per heavy atom. The van der Waals surface area contributed by atoms with E-state index < -0.39 is 11.6 Å². The zero-order valence-electron chi connectivity index (χ0n) is 17.6. The van der Waals surface area contributed by atoms with Crippen LogP contribution < -0.4 is 5.56 Å². The molecule has 0 N–H and O–H groups in total. The second-order valence-electron chi connectivity index (χ2n) is 7.23. The van der Waals surface area contributed by atoms with Gasteiger partial charge >= 0.3 is 0 Å². The topological polar surface area (TPSA) is 34.9 Å². The Morgan fingerprint density at radius 3 is 2.21 bits per heavy atom. The fourth-order valence-corrected chi connectivity index (χ4v) is 3.76.